The lowest BCUT2D eigenvalue weighted by Crippen LogP contribution is -2.20. The molecule has 0 unspecified atom stereocenters. The summed E-state index contributed by atoms with van der Waals surface area (Å²) in [6, 6.07) is 4.19. The summed E-state index contributed by atoms with van der Waals surface area (Å²) in [4.78, 5) is 11.0. The van der Waals surface area contributed by atoms with E-state index in [1.165, 1.54) is 18.2 Å². The van der Waals surface area contributed by atoms with Crippen LogP contribution in [0.5, 0.6) is 0 Å². The van der Waals surface area contributed by atoms with Crippen LogP contribution in [-0.4, -0.2) is 25.2 Å². The van der Waals surface area contributed by atoms with Gasteiger partial charge in [-0.15, -0.1) is 0 Å². The van der Waals surface area contributed by atoms with Crippen molar-refractivity contribution in [1.29, 1.82) is 0 Å². The van der Waals surface area contributed by atoms with Gasteiger partial charge in [-0.05, 0) is 24.5 Å². The zero-order chi connectivity index (χ0) is 14.6. The molecule has 5 nitrogen and oxygen atoms in total. The molecule has 0 amide bonds. The van der Waals surface area contributed by atoms with Crippen molar-refractivity contribution in [2.24, 2.45) is 5.92 Å². The summed E-state index contributed by atoms with van der Waals surface area (Å²) >= 11 is 5.85. The average Bonchev–Trinajstić information content (AvgIpc) is 2.29. The van der Waals surface area contributed by atoms with Crippen molar-refractivity contribution in [3.05, 3.63) is 28.8 Å². The summed E-state index contributed by atoms with van der Waals surface area (Å²) in [5.74, 6) is -1.07. The minimum absolute atomic E-state index is 0.0630. The Kier molecular flexibility index (Phi) is 5.20. The van der Waals surface area contributed by atoms with Crippen molar-refractivity contribution < 1.29 is 18.3 Å². The Morgan fingerprint density at radius 3 is 2.58 bits per heavy atom. The molecule has 19 heavy (non-hydrogen) atoms. The molecule has 7 heteroatoms. The first-order chi connectivity index (χ1) is 8.73. The fourth-order valence-corrected chi connectivity index (χ4v) is 3.10. The molecule has 0 aliphatic carbocycles. The predicted molar refractivity (Wildman–Crippen MR) is 75.3 cm³/mol. The fourth-order valence-electron chi connectivity index (χ4n) is 1.40. The van der Waals surface area contributed by atoms with Gasteiger partial charge in [-0.3, -0.25) is 4.72 Å². The topological polar surface area (TPSA) is 83.5 Å². The van der Waals surface area contributed by atoms with E-state index < -0.39 is 16.0 Å². The first kappa shape index (κ1) is 15.8. The number of hydrogen-bond donors (Lipinski definition) is 2. The summed E-state index contributed by atoms with van der Waals surface area (Å²) < 4.78 is 26.0. The summed E-state index contributed by atoms with van der Waals surface area (Å²) in [5.41, 5.74) is -0.249. The molecule has 0 aliphatic rings. The first-order valence-electron chi connectivity index (χ1n) is 5.75. The molecule has 0 aliphatic heterocycles. The van der Waals surface area contributed by atoms with Crippen molar-refractivity contribution in [2.45, 2.75) is 20.3 Å². The maximum Gasteiger partial charge on any atom is 0.337 e. The first-order valence-corrected chi connectivity index (χ1v) is 7.78. The van der Waals surface area contributed by atoms with Gasteiger partial charge in [0.2, 0.25) is 10.0 Å². The molecule has 1 rings (SSSR count). The van der Waals surface area contributed by atoms with Gasteiger partial charge in [0.25, 0.3) is 0 Å². The van der Waals surface area contributed by atoms with Crippen molar-refractivity contribution in [3.8, 4) is 0 Å². The van der Waals surface area contributed by atoms with Gasteiger partial charge in [0, 0.05) is 0 Å². The number of carbonyl (C=O) groups is 1. The molecule has 0 saturated carbocycles. The second kappa shape index (κ2) is 6.25. The molecule has 0 aromatic heterocycles. The molecule has 1 aromatic carbocycles. The van der Waals surface area contributed by atoms with Crippen LogP contribution in [0.15, 0.2) is 18.2 Å². The van der Waals surface area contributed by atoms with Gasteiger partial charge in [0.1, 0.15) is 0 Å². The highest BCUT2D eigenvalue weighted by Crippen LogP contribution is 2.27. The molecule has 0 bridgehead atoms. The van der Waals surface area contributed by atoms with E-state index in [2.05, 4.69) is 4.72 Å². The van der Waals surface area contributed by atoms with Gasteiger partial charge in [0.05, 0.1) is 22.0 Å². The monoisotopic (exact) mass is 305 g/mol. The van der Waals surface area contributed by atoms with Crippen LogP contribution in [-0.2, 0) is 10.0 Å². The second-order valence-electron chi connectivity index (χ2n) is 4.57. The normalized spacial score (nSPS) is 11.6. The Balaban J connectivity index is 3.02. The second-order valence-corrected chi connectivity index (χ2v) is 6.82. The van der Waals surface area contributed by atoms with Crippen LogP contribution in [0, 0.1) is 5.92 Å². The maximum atomic E-state index is 11.9. The van der Waals surface area contributed by atoms with E-state index in [4.69, 9.17) is 16.7 Å². The van der Waals surface area contributed by atoms with E-state index in [0.717, 1.165) is 0 Å². The molecular formula is C12H16ClNO4S. The van der Waals surface area contributed by atoms with Gasteiger partial charge in [-0.1, -0.05) is 31.5 Å². The highest BCUT2D eigenvalue weighted by molar-refractivity contribution is 7.92. The summed E-state index contributed by atoms with van der Waals surface area (Å²) in [5, 5.41) is 9.07. The quantitative estimate of drug-likeness (QED) is 0.846. The van der Waals surface area contributed by atoms with E-state index in [-0.39, 0.29) is 27.9 Å². The molecule has 0 spiro atoms. The largest absolute Gasteiger partial charge is 0.478 e. The van der Waals surface area contributed by atoms with E-state index >= 15 is 0 Å². The van der Waals surface area contributed by atoms with Crippen molar-refractivity contribution in [2.75, 3.05) is 10.5 Å². The van der Waals surface area contributed by atoms with Crippen LogP contribution in [0.2, 0.25) is 5.02 Å². The zero-order valence-electron chi connectivity index (χ0n) is 10.7. The lowest BCUT2D eigenvalue weighted by molar-refractivity contribution is 0.0698. The molecule has 0 atom stereocenters. The van der Waals surface area contributed by atoms with Crippen LogP contribution < -0.4 is 4.72 Å². The third-order valence-electron chi connectivity index (χ3n) is 2.47. The number of carboxylic acids is 1. The maximum absolute atomic E-state index is 11.9. The minimum atomic E-state index is -3.61. The van der Waals surface area contributed by atoms with E-state index in [1.54, 1.807) is 0 Å². The summed E-state index contributed by atoms with van der Waals surface area (Å²) in [6.07, 6.45) is 0.488. The number of sulfonamides is 1. The van der Waals surface area contributed by atoms with Crippen LogP contribution >= 0.6 is 11.6 Å². The van der Waals surface area contributed by atoms with Gasteiger partial charge in [-0.2, -0.15) is 0 Å². The van der Waals surface area contributed by atoms with Gasteiger partial charge in [-0.25, -0.2) is 13.2 Å². The van der Waals surface area contributed by atoms with Gasteiger partial charge < -0.3 is 5.11 Å². The number of rotatable bonds is 6. The average molecular weight is 306 g/mol. The third-order valence-corrected chi connectivity index (χ3v) is 4.07. The van der Waals surface area contributed by atoms with Crippen LogP contribution in [0.25, 0.3) is 0 Å². The van der Waals surface area contributed by atoms with Gasteiger partial charge >= 0.3 is 5.97 Å². The number of para-hydroxylation sites is 1. The fraction of sp³-hybridized carbons (Fsp3) is 0.417. The number of hydrogen-bond acceptors (Lipinski definition) is 3. The van der Waals surface area contributed by atoms with Crippen LogP contribution in [0.4, 0.5) is 5.69 Å². The Morgan fingerprint density at radius 2 is 2.05 bits per heavy atom. The van der Waals surface area contributed by atoms with E-state index in [1.807, 2.05) is 13.8 Å². The minimum Gasteiger partial charge on any atom is -0.478 e. The van der Waals surface area contributed by atoms with Crippen molar-refractivity contribution >= 4 is 33.3 Å². The Hall–Kier alpha value is -1.27. The highest BCUT2D eigenvalue weighted by atomic mass is 35.5. The summed E-state index contributed by atoms with van der Waals surface area (Å²) in [6.45, 7) is 3.82. The molecule has 0 fully saturated rings. The standard InChI is InChI=1S/C12H16ClNO4S/c1-8(2)6-7-19(17,18)14-11-9(12(15)16)4-3-5-10(11)13/h3-5,8,14H,6-7H2,1-2H3,(H,15,16). The van der Waals surface area contributed by atoms with Crippen molar-refractivity contribution in [1.82, 2.24) is 0 Å². The smallest absolute Gasteiger partial charge is 0.337 e. The number of anilines is 1. The number of halogens is 1. The SMILES string of the molecule is CC(C)CCS(=O)(=O)Nc1c(Cl)cccc1C(=O)O. The zero-order valence-corrected chi connectivity index (χ0v) is 12.3. The lowest BCUT2D eigenvalue weighted by atomic mass is 10.2. The molecule has 2 N–H and O–H groups in total. The lowest BCUT2D eigenvalue weighted by Gasteiger charge is -2.12. The molecule has 1 aromatic rings. The Morgan fingerprint density at radius 1 is 1.42 bits per heavy atom. The molecule has 0 radical (unpaired) electrons. The Labute approximate surface area is 117 Å². The Bertz CT molecular complexity index is 569. The molecule has 0 heterocycles. The van der Waals surface area contributed by atoms with E-state index in [0.29, 0.717) is 6.42 Å². The van der Waals surface area contributed by atoms with Crippen LogP contribution in [0.3, 0.4) is 0 Å². The summed E-state index contributed by atoms with van der Waals surface area (Å²) in [7, 11) is -3.61. The number of carboxylic acid groups (broad SMARTS) is 1. The molecule has 106 valence electrons. The van der Waals surface area contributed by atoms with Crippen LogP contribution in [0.1, 0.15) is 30.6 Å². The molecule has 0 saturated heterocycles. The number of aromatic carboxylic acids is 1. The molecular weight excluding hydrogens is 290 g/mol. The van der Waals surface area contributed by atoms with E-state index in [9.17, 15) is 13.2 Å². The third kappa shape index (κ3) is 4.72. The highest BCUT2D eigenvalue weighted by Gasteiger charge is 2.19. The van der Waals surface area contributed by atoms with Gasteiger partial charge in [0.15, 0.2) is 0 Å². The van der Waals surface area contributed by atoms with Crippen molar-refractivity contribution in [3.63, 3.8) is 0 Å². The number of nitrogens with one attached hydrogen (secondary N) is 1. The predicted octanol–water partition coefficient (Wildman–Crippen LogP) is 2.83. The number of benzene rings is 1.